The third-order valence-corrected chi connectivity index (χ3v) is 6.21. The number of aromatic nitrogens is 1. The summed E-state index contributed by atoms with van der Waals surface area (Å²) in [4.78, 5) is 30.4. The van der Waals surface area contributed by atoms with Crippen molar-refractivity contribution < 1.29 is 19.1 Å². The largest absolute Gasteiger partial charge is 0.486 e. The molecule has 8 heteroatoms. The summed E-state index contributed by atoms with van der Waals surface area (Å²) in [6.07, 6.45) is 1.64. The molecule has 1 saturated heterocycles. The van der Waals surface area contributed by atoms with Gasteiger partial charge < -0.3 is 18.9 Å². The molecule has 3 aromatic rings. The van der Waals surface area contributed by atoms with Crippen LogP contribution in [0.2, 0.25) is 0 Å². The molecule has 0 saturated carbocycles. The molecule has 4 rings (SSSR count). The summed E-state index contributed by atoms with van der Waals surface area (Å²) in [5, 5.41) is 9.02. The van der Waals surface area contributed by atoms with Crippen LogP contribution in [0.3, 0.4) is 0 Å². The standard InChI is InChI=1S/C28H30N4O4/c1-3-35-28(34)25-26(36-20-23-11-9-21(17-29)10-12-23)24(19-30(25)2)27(33)32-15-13-31(14-16-32)18-22-7-5-4-6-8-22/h4-12,19H,3,13-16,18,20H2,1-2H3. The van der Waals surface area contributed by atoms with Gasteiger partial charge in [0.2, 0.25) is 0 Å². The number of carbonyl (C=O) groups excluding carboxylic acids is 2. The van der Waals surface area contributed by atoms with Crippen molar-refractivity contribution in [2.75, 3.05) is 32.8 Å². The molecule has 0 radical (unpaired) electrons. The van der Waals surface area contributed by atoms with Crippen molar-refractivity contribution >= 4 is 11.9 Å². The van der Waals surface area contributed by atoms with E-state index >= 15 is 0 Å². The molecule has 0 atom stereocenters. The van der Waals surface area contributed by atoms with Gasteiger partial charge in [-0.3, -0.25) is 9.69 Å². The van der Waals surface area contributed by atoms with E-state index in [0.29, 0.717) is 24.2 Å². The van der Waals surface area contributed by atoms with Crippen molar-refractivity contribution in [1.82, 2.24) is 14.4 Å². The normalized spacial score (nSPS) is 13.8. The van der Waals surface area contributed by atoms with E-state index < -0.39 is 5.97 Å². The number of amides is 1. The van der Waals surface area contributed by atoms with E-state index in [1.807, 2.05) is 18.2 Å². The highest BCUT2D eigenvalue weighted by atomic mass is 16.5. The van der Waals surface area contributed by atoms with Gasteiger partial charge in [-0.2, -0.15) is 5.26 Å². The van der Waals surface area contributed by atoms with Gasteiger partial charge in [-0.05, 0) is 30.2 Å². The summed E-state index contributed by atoms with van der Waals surface area (Å²) in [6.45, 7) is 5.65. The van der Waals surface area contributed by atoms with Crippen molar-refractivity contribution in [2.24, 2.45) is 7.05 Å². The van der Waals surface area contributed by atoms with E-state index in [-0.39, 0.29) is 30.6 Å². The summed E-state index contributed by atoms with van der Waals surface area (Å²) < 4.78 is 12.9. The Morgan fingerprint density at radius 3 is 2.31 bits per heavy atom. The first-order valence-corrected chi connectivity index (χ1v) is 12.0. The highest BCUT2D eigenvalue weighted by Crippen LogP contribution is 2.29. The molecule has 36 heavy (non-hydrogen) atoms. The van der Waals surface area contributed by atoms with E-state index in [9.17, 15) is 9.59 Å². The first-order valence-electron chi connectivity index (χ1n) is 12.0. The van der Waals surface area contributed by atoms with Crippen LogP contribution in [0.1, 0.15) is 44.5 Å². The lowest BCUT2D eigenvalue weighted by Gasteiger charge is -2.34. The van der Waals surface area contributed by atoms with Crippen LogP contribution in [0.4, 0.5) is 0 Å². The Hall–Kier alpha value is -4.09. The Bertz CT molecular complexity index is 1240. The fraction of sp³-hybridized carbons (Fsp3) is 0.321. The van der Waals surface area contributed by atoms with E-state index in [0.717, 1.165) is 25.2 Å². The highest BCUT2D eigenvalue weighted by Gasteiger charge is 2.31. The van der Waals surface area contributed by atoms with E-state index in [4.69, 9.17) is 14.7 Å². The van der Waals surface area contributed by atoms with Crippen LogP contribution in [0.25, 0.3) is 0 Å². The molecule has 2 heterocycles. The van der Waals surface area contributed by atoms with Gasteiger partial charge >= 0.3 is 5.97 Å². The van der Waals surface area contributed by atoms with Gasteiger partial charge in [-0.25, -0.2) is 4.79 Å². The number of esters is 1. The van der Waals surface area contributed by atoms with Gasteiger partial charge in [0, 0.05) is 46.0 Å². The molecular weight excluding hydrogens is 456 g/mol. The van der Waals surface area contributed by atoms with Crippen molar-refractivity contribution in [3.05, 3.63) is 88.7 Å². The number of piperazine rings is 1. The molecule has 186 valence electrons. The number of rotatable bonds is 8. The molecule has 2 aromatic carbocycles. The Balaban J connectivity index is 1.50. The molecule has 0 bridgehead atoms. The smallest absolute Gasteiger partial charge is 0.358 e. The van der Waals surface area contributed by atoms with Crippen LogP contribution in [0.15, 0.2) is 60.8 Å². The SMILES string of the molecule is CCOC(=O)c1c(OCc2ccc(C#N)cc2)c(C(=O)N2CCN(Cc3ccccc3)CC2)cn1C. The number of hydrogen-bond acceptors (Lipinski definition) is 6. The van der Waals surface area contributed by atoms with Crippen molar-refractivity contribution in [1.29, 1.82) is 5.26 Å². The Kier molecular flexibility index (Phi) is 8.03. The Morgan fingerprint density at radius 1 is 0.972 bits per heavy atom. The second-order valence-electron chi connectivity index (χ2n) is 8.70. The van der Waals surface area contributed by atoms with Crippen molar-refractivity contribution in [3.8, 4) is 11.8 Å². The summed E-state index contributed by atoms with van der Waals surface area (Å²) in [5.41, 5.74) is 3.16. The van der Waals surface area contributed by atoms with Gasteiger partial charge in [0.15, 0.2) is 11.4 Å². The van der Waals surface area contributed by atoms with Crippen LogP contribution < -0.4 is 4.74 Å². The predicted octanol–water partition coefficient (Wildman–Crippen LogP) is 3.61. The fourth-order valence-corrected chi connectivity index (χ4v) is 4.29. The maximum Gasteiger partial charge on any atom is 0.358 e. The molecule has 0 aliphatic carbocycles. The quantitative estimate of drug-likeness (QED) is 0.452. The van der Waals surface area contributed by atoms with Gasteiger partial charge in [0.25, 0.3) is 5.91 Å². The number of aryl methyl sites for hydroxylation is 1. The van der Waals surface area contributed by atoms with Gasteiger partial charge in [0.05, 0.1) is 18.2 Å². The third-order valence-electron chi connectivity index (χ3n) is 6.21. The molecule has 8 nitrogen and oxygen atoms in total. The zero-order chi connectivity index (χ0) is 25.5. The number of benzene rings is 2. The maximum atomic E-state index is 13.6. The lowest BCUT2D eigenvalue weighted by molar-refractivity contribution is 0.0509. The molecule has 1 amide bonds. The molecule has 1 fully saturated rings. The summed E-state index contributed by atoms with van der Waals surface area (Å²) in [7, 11) is 1.70. The molecular formula is C28H30N4O4. The fourth-order valence-electron chi connectivity index (χ4n) is 4.29. The molecule has 1 aromatic heterocycles. The third kappa shape index (κ3) is 5.75. The molecule has 0 N–H and O–H groups in total. The topological polar surface area (TPSA) is 87.8 Å². The summed E-state index contributed by atoms with van der Waals surface area (Å²) in [5.74, 6) is -0.492. The average Bonchev–Trinajstić information content (AvgIpc) is 3.24. The number of carbonyl (C=O) groups is 2. The van der Waals surface area contributed by atoms with Crippen LogP contribution in [0, 0.1) is 11.3 Å². The summed E-state index contributed by atoms with van der Waals surface area (Å²) >= 11 is 0. The number of nitrogens with zero attached hydrogens (tertiary/aromatic N) is 4. The minimum absolute atomic E-state index is 0.146. The lowest BCUT2D eigenvalue weighted by Crippen LogP contribution is -2.48. The molecule has 0 spiro atoms. The second kappa shape index (κ2) is 11.6. The zero-order valence-electron chi connectivity index (χ0n) is 20.6. The maximum absolute atomic E-state index is 13.6. The first kappa shape index (κ1) is 25.0. The van der Waals surface area contributed by atoms with Crippen LogP contribution >= 0.6 is 0 Å². The second-order valence-corrected chi connectivity index (χ2v) is 8.70. The van der Waals surface area contributed by atoms with E-state index in [1.165, 1.54) is 5.56 Å². The average molecular weight is 487 g/mol. The first-order chi connectivity index (χ1) is 17.5. The number of nitriles is 1. The minimum atomic E-state index is -0.540. The van der Waals surface area contributed by atoms with Crippen molar-refractivity contribution in [3.63, 3.8) is 0 Å². The number of hydrogen-bond donors (Lipinski definition) is 0. The Labute approximate surface area is 211 Å². The minimum Gasteiger partial charge on any atom is -0.486 e. The molecule has 1 aliphatic rings. The Morgan fingerprint density at radius 2 is 1.67 bits per heavy atom. The van der Waals surface area contributed by atoms with Gasteiger partial charge in [0.1, 0.15) is 12.2 Å². The monoisotopic (exact) mass is 486 g/mol. The van der Waals surface area contributed by atoms with E-state index in [2.05, 4.69) is 23.1 Å². The lowest BCUT2D eigenvalue weighted by atomic mass is 10.1. The van der Waals surface area contributed by atoms with Crippen LogP contribution in [-0.4, -0.2) is 59.0 Å². The van der Waals surface area contributed by atoms with Crippen LogP contribution in [-0.2, 0) is 24.9 Å². The highest BCUT2D eigenvalue weighted by molar-refractivity contribution is 6.02. The zero-order valence-corrected chi connectivity index (χ0v) is 20.6. The van der Waals surface area contributed by atoms with Gasteiger partial charge in [-0.15, -0.1) is 0 Å². The summed E-state index contributed by atoms with van der Waals surface area (Å²) in [6, 6.07) is 19.4. The predicted molar refractivity (Wildman–Crippen MR) is 134 cm³/mol. The van der Waals surface area contributed by atoms with E-state index in [1.54, 1.807) is 53.9 Å². The van der Waals surface area contributed by atoms with Gasteiger partial charge in [-0.1, -0.05) is 42.5 Å². The van der Waals surface area contributed by atoms with Crippen molar-refractivity contribution in [2.45, 2.75) is 20.1 Å². The van der Waals surface area contributed by atoms with Crippen LogP contribution in [0.5, 0.6) is 5.75 Å². The number of ether oxygens (including phenoxy) is 2. The molecule has 1 aliphatic heterocycles. The molecule has 0 unspecified atom stereocenters.